The second-order valence-corrected chi connectivity index (χ2v) is 8.15. The number of aromatic nitrogens is 3. The van der Waals surface area contributed by atoms with Crippen LogP contribution in [0.25, 0.3) is 11.0 Å². The molecular weight excluding hydrogens is 376 g/mol. The summed E-state index contributed by atoms with van der Waals surface area (Å²) in [4.78, 5) is 21.1. The molecule has 1 saturated carbocycles. The van der Waals surface area contributed by atoms with Crippen molar-refractivity contribution in [1.29, 1.82) is 0 Å². The number of carbonyl (C=O) groups excluding carboxylic acids is 1. The van der Waals surface area contributed by atoms with Crippen LogP contribution in [0.2, 0.25) is 0 Å². The highest BCUT2D eigenvalue weighted by atomic mass is 16.5. The summed E-state index contributed by atoms with van der Waals surface area (Å²) in [6.07, 6.45) is 8.39. The van der Waals surface area contributed by atoms with E-state index < -0.39 is 0 Å². The normalized spacial score (nSPS) is 16.9. The molecule has 6 heteroatoms. The molecule has 2 N–H and O–H groups in total. The van der Waals surface area contributed by atoms with Crippen LogP contribution in [0.4, 0.5) is 5.82 Å². The number of Topliss-reactive ketones (excluding diaryl/α,β-unsaturated/α-hetero) is 1. The van der Waals surface area contributed by atoms with Gasteiger partial charge in [-0.1, -0.05) is 24.0 Å². The predicted molar refractivity (Wildman–Crippen MR) is 115 cm³/mol. The molecule has 6 nitrogen and oxygen atoms in total. The number of nitrogen functional groups attached to an aromatic ring is 1. The first-order valence-electron chi connectivity index (χ1n) is 10.5. The van der Waals surface area contributed by atoms with E-state index in [1.807, 2.05) is 30.5 Å². The summed E-state index contributed by atoms with van der Waals surface area (Å²) in [5, 5.41) is 0.789. The lowest BCUT2D eigenvalue weighted by Gasteiger charge is -2.23. The average molecular weight is 400 g/mol. The Morgan fingerprint density at radius 2 is 2.00 bits per heavy atom. The minimum atomic E-state index is 0.204. The number of hydrogen-bond donors (Lipinski definition) is 1. The van der Waals surface area contributed by atoms with Gasteiger partial charge >= 0.3 is 0 Å². The first-order valence-corrected chi connectivity index (χ1v) is 10.5. The number of rotatable bonds is 4. The molecule has 0 atom stereocenters. The van der Waals surface area contributed by atoms with Crippen LogP contribution < -0.4 is 5.73 Å². The van der Waals surface area contributed by atoms with Crippen LogP contribution in [0.1, 0.15) is 59.6 Å². The van der Waals surface area contributed by atoms with Crippen LogP contribution in [0.15, 0.2) is 36.8 Å². The molecule has 0 radical (unpaired) electrons. The molecule has 1 aromatic carbocycles. The fourth-order valence-corrected chi connectivity index (χ4v) is 4.06. The monoisotopic (exact) mass is 400 g/mol. The van der Waals surface area contributed by atoms with Crippen molar-refractivity contribution in [3.05, 3.63) is 53.5 Å². The molecule has 152 valence electrons. The molecule has 3 heterocycles. The topological polar surface area (TPSA) is 83.0 Å². The predicted octanol–water partition coefficient (Wildman–Crippen LogP) is 3.75. The summed E-state index contributed by atoms with van der Waals surface area (Å²) in [7, 11) is 0. The maximum atomic E-state index is 12.4. The second-order valence-electron chi connectivity index (χ2n) is 8.15. The number of carbonyl (C=O) groups is 1. The van der Waals surface area contributed by atoms with E-state index in [2.05, 4.69) is 26.4 Å². The maximum Gasteiger partial charge on any atom is 0.163 e. The van der Waals surface area contributed by atoms with Crippen LogP contribution in [0.5, 0.6) is 0 Å². The van der Waals surface area contributed by atoms with Crippen LogP contribution in [0, 0.1) is 17.8 Å². The third-order valence-electron chi connectivity index (χ3n) is 5.92. The quantitative estimate of drug-likeness (QED) is 0.533. The summed E-state index contributed by atoms with van der Waals surface area (Å²) in [5.41, 5.74) is 9.36. The molecule has 2 aromatic heterocycles. The third kappa shape index (κ3) is 3.81. The number of anilines is 1. The Hall–Kier alpha value is -3.17. The molecule has 1 saturated heterocycles. The number of nitrogens with zero attached hydrogens (tertiary/aromatic N) is 3. The number of fused-ring (bicyclic) bond motifs is 1. The zero-order valence-corrected chi connectivity index (χ0v) is 16.8. The van der Waals surface area contributed by atoms with Gasteiger partial charge in [0.1, 0.15) is 17.8 Å². The second kappa shape index (κ2) is 7.92. The van der Waals surface area contributed by atoms with Gasteiger partial charge < -0.3 is 15.0 Å². The lowest BCUT2D eigenvalue weighted by molar-refractivity contribution is 0.0706. The van der Waals surface area contributed by atoms with Gasteiger partial charge in [0.2, 0.25) is 0 Å². The van der Waals surface area contributed by atoms with Gasteiger partial charge in [0.05, 0.1) is 10.9 Å². The highest BCUT2D eigenvalue weighted by Crippen LogP contribution is 2.33. The number of ether oxygens (including phenoxy) is 1. The Morgan fingerprint density at radius 1 is 1.17 bits per heavy atom. The van der Waals surface area contributed by atoms with Crippen molar-refractivity contribution in [2.75, 3.05) is 18.9 Å². The third-order valence-corrected chi connectivity index (χ3v) is 5.92. The van der Waals surface area contributed by atoms with Crippen molar-refractivity contribution in [1.82, 2.24) is 14.5 Å². The minimum absolute atomic E-state index is 0.204. The molecule has 1 aliphatic heterocycles. The van der Waals surface area contributed by atoms with Crippen molar-refractivity contribution >= 4 is 22.6 Å². The SMILES string of the molecule is Nc1ncnc2c1c(C#Cc1cccc(C(=O)CC3CC3)c1)cn2C1CCOCC1. The molecule has 0 amide bonds. The summed E-state index contributed by atoms with van der Waals surface area (Å²) in [5.74, 6) is 7.67. The fraction of sp³-hybridized carbons (Fsp3) is 0.375. The zero-order valence-electron chi connectivity index (χ0n) is 16.8. The smallest absolute Gasteiger partial charge is 0.163 e. The zero-order chi connectivity index (χ0) is 20.5. The molecule has 0 spiro atoms. The molecule has 5 rings (SSSR count). The molecule has 0 bridgehead atoms. The summed E-state index contributed by atoms with van der Waals surface area (Å²) in [6, 6.07) is 7.90. The lowest BCUT2D eigenvalue weighted by Crippen LogP contribution is -2.19. The van der Waals surface area contributed by atoms with Gasteiger partial charge in [-0.2, -0.15) is 0 Å². The Balaban J connectivity index is 1.49. The van der Waals surface area contributed by atoms with Crippen LogP contribution in [-0.4, -0.2) is 33.5 Å². The van der Waals surface area contributed by atoms with E-state index in [0.717, 1.165) is 53.8 Å². The Kier molecular flexibility index (Phi) is 4.97. The van der Waals surface area contributed by atoms with Gasteiger partial charge in [-0.05, 0) is 43.7 Å². The number of nitrogens with two attached hydrogens (primary N) is 1. The molecule has 30 heavy (non-hydrogen) atoms. The van der Waals surface area contributed by atoms with Gasteiger partial charge in [0.25, 0.3) is 0 Å². The molecule has 2 fully saturated rings. The van der Waals surface area contributed by atoms with Crippen molar-refractivity contribution in [3.63, 3.8) is 0 Å². The van der Waals surface area contributed by atoms with E-state index >= 15 is 0 Å². The van der Waals surface area contributed by atoms with E-state index in [9.17, 15) is 4.79 Å². The number of hydrogen-bond acceptors (Lipinski definition) is 5. The number of ketones is 1. The van der Waals surface area contributed by atoms with Gasteiger partial charge in [0.15, 0.2) is 5.78 Å². The molecule has 0 unspecified atom stereocenters. The first kappa shape index (κ1) is 18.8. The van der Waals surface area contributed by atoms with Gasteiger partial charge in [-0.15, -0.1) is 0 Å². The standard InChI is InChI=1S/C24H24N4O2/c25-23-22-19(14-28(24(22)27-15-26-23)20-8-10-30-11-9-20)7-6-16-2-1-3-18(12-16)21(29)13-17-4-5-17/h1-3,12,14-15,17,20H,4-5,8-11,13H2,(H2,25,26,27). The maximum absolute atomic E-state index is 12.4. The van der Waals surface area contributed by atoms with Gasteiger partial charge in [-0.25, -0.2) is 9.97 Å². The van der Waals surface area contributed by atoms with Crippen LogP contribution >= 0.6 is 0 Å². The molecule has 3 aromatic rings. The lowest BCUT2D eigenvalue weighted by atomic mass is 10.0. The van der Waals surface area contributed by atoms with Crippen molar-refractivity contribution < 1.29 is 9.53 Å². The molecular formula is C24H24N4O2. The Morgan fingerprint density at radius 3 is 2.80 bits per heavy atom. The van der Waals surface area contributed by atoms with E-state index in [1.54, 1.807) is 0 Å². The summed E-state index contributed by atoms with van der Waals surface area (Å²) in [6.45, 7) is 1.49. The Bertz CT molecular complexity index is 1160. The van der Waals surface area contributed by atoms with Crippen LogP contribution in [-0.2, 0) is 4.74 Å². The van der Waals surface area contributed by atoms with Crippen molar-refractivity contribution in [3.8, 4) is 11.8 Å². The molecule has 1 aliphatic carbocycles. The fourth-order valence-electron chi connectivity index (χ4n) is 4.06. The average Bonchev–Trinajstić information content (AvgIpc) is 3.51. The summed E-state index contributed by atoms with van der Waals surface area (Å²) < 4.78 is 7.66. The van der Waals surface area contributed by atoms with Crippen molar-refractivity contribution in [2.24, 2.45) is 5.92 Å². The highest BCUT2D eigenvalue weighted by molar-refractivity contribution is 5.97. The number of benzene rings is 1. The van der Waals surface area contributed by atoms with Gasteiger partial charge in [-0.3, -0.25) is 4.79 Å². The largest absolute Gasteiger partial charge is 0.383 e. The van der Waals surface area contributed by atoms with E-state index in [1.165, 1.54) is 19.2 Å². The van der Waals surface area contributed by atoms with Crippen LogP contribution in [0.3, 0.4) is 0 Å². The van der Waals surface area contributed by atoms with E-state index in [-0.39, 0.29) is 5.78 Å². The highest BCUT2D eigenvalue weighted by Gasteiger charge is 2.25. The summed E-state index contributed by atoms with van der Waals surface area (Å²) >= 11 is 0. The van der Waals surface area contributed by atoms with Crippen molar-refractivity contribution in [2.45, 2.75) is 38.1 Å². The van der Waals surface area contributed by atoms with E-state index in [0.29, 0.717) is 24.2 Å². The minimum Gasteiger partial charge on any atom is -0.383 e. The first-order chi connectivity index (χ1) is 14.7. The van der Waals surface area contributed by atoms with E-state index in [4.69, 9.17) is 10.5 Å². The Labute approximate surface area is 175 Å². The van der Waals surface area contributed by atoms with Gasteiger partial charge in [0, 0.05) is 43.0 Å². The molecule has 2 aliphatic rings.